The van der Waals surface area contributed by atoms with Gasteiger partial charge < -0.3 is 20.3 Å². The maximum absolute atomic E-state index is 9.39. The first kappa shape index (κ1) is 12.4. The maximum atomic E-state index is 9.39. The van der Waals surface area contributed by atoms with Crippen LogP contribution in [0.5, 0.6) is 5.75 Å². The smallest absolute Gasteiger partial charge is 0.115 e. The summed E-state index contributed by atoms with van der Waals surface area (Å²) >= 11 is 0. The van der Waals surface area contributed by atoms with E-state index in [2.05, 4.69) is 5.32 Å². The number of benzene rings is 1. The fourth-order valence-corrected chi connectivity index (χ4v) is 2.29. The molecule has 0 aromatic heterocycles. The van der Waals surface area contributed by atoms with Gasteiger partial charge in [0.1, 0.15) is 5.75 Å². The fourth-order valence-electron chi connectivity index (χ4n) is 2.29. The molecule has 4 heteroatoms. The SMILES string of the molecule is OCCOCCNC1CCc2cc(O)ccc21. The van der Waals surface area contributed by atoms with Crippen LogP contribution in [0.15, 0.2) is 18.2 Å². The molecule has 17 heavy (non-hydrogen) atoms. The van der Waals surface area contributed by atoms with Crippen molar-refractivity contribution >= 4 is 0 Å². The second kappa shape index (κ2) is 6.00. The normalized spacial score (nSPS) is 18.3. The predicted molar refractivity (Wildman–Crippen MR) is 65.1 cm³/mol. The van der Waals surface area contributed by atoms with Crippen LogP contribution in [-0.2, 0) is 11.2 Å². The van der Waals surface area contributed by atoms with Crippen LogP contribution in [0.2, 0.25) is 0 Å². The van der Waals surface area contributed by atoms with Crippen molar-refractivity contribution in [2.24, 2.45) is 0 Å². The van der Waals surface area contributed by atoms with E-state index in [1.165, 1.54) is 11.1 Å². The second-order valence-corrected chi connectivity index (χ2v) is 4.26. The minimum Gasteiger partial charge on any atom is -0.508 e. The van der Waals surface area contributed by atoms with E-state index < -0.39 is 0 Å². The molecule has 1 unspecified atom stereocenters. The fraction of sp³-hybridized carbons (Fsp3) is 0.538. The van der Waals surface area contributed by atoms with Gasteiger partial charge in [0.15, 0.2) is 0 Å². The molecule has 0 heterocycles. The highest BCUT2D eigenvalue weighted by atomic mass is 16.5. The Balaban J connectivity index is 1.81. The number of hydrogen-bond acceptors (Lipinski definition) is 4. The molecule has 1 aromatic carbocycles. The molecule has 0 spiro atoms. The lowest BCUT2D eigenvalue weighted by atomic mass is 10.1. The van der Waals surface area contributed by atoms with Crippen LogP contribution in [0.4, 0.5) is 0 Å². The summed E-state index contributed by atoms with van der Waals surface area (Å²) in [6.45, 7) is 1.87. The summed E-state index contributed by atoms with van der Waals surface area (Å²) in [7, 11) is 0. The Hall–Kier alpha value is -1.10. The van der Waals surface area contributed by atoms with E-state index in [-0.39, 0.29) is 6.61 Å². The number of fused-ring (bicyclic) bond motifs is 1. The van der Waals surface area contributed by atoms with Gasteiger partial charge in [0, 0.05) is 12.6 Å². The van der Waals surface area contributed by atoms with E-state index in [0.29, 0.717) is 25.0 Å². The lowest BCUT2D eigenvalue weighted by Crippen LogP contribution is -2.24. The molecular weight excluding hydrogens is 218 g/mol. The standard InChI is InChI=1S/C13H19NO3/c15-6-8-17-7-5-14-13-4-1-10-9-11(16)2-3-12(10)13/h2-3,9,13-16H,1,4-8H2. The van der Waals surface area contributed by atoms with Crippen molar-refractivity contribution < 1.29 is 14.9 Å². The van der Waals surface area contributed by atoms with Crippen LogP contribution in [0.25, 0.3) is 0 Å². The average molecular weight is 237 g/mol. The van der Waals surface area contributed by atoms with E-state index in [9.17, 15) is 5.11 Å². The van der Waals surface area contributed by atoms with Gasteiger partial charge in [-0.05, 0) is 36.1 Å². The summed E-state index contributed by atoms with van der Waals surface area (Å²) < 4.78 is 5.20. The van der Waals surface area contributed by atoms with Gasteiger partial charge in [0.05, 0.1) is 19.8 Å². The summed E-state index contributed by atoms with van der Waals surface area (Å²) in [6, 6.07) is 5.94. The molecule has 2 rings (SSSR count). The quantitative estimate of drug-likeness (QED) is 0.645. The molecule has 94 valence electrons. The Bertz CT molecular complexity index is 368. The third-order valence-electron chi connectivity index (χ3n) is 3.08. The molecule has 0 saturated heterocycles. The lowest BCUT2D eigenvalue weighted by molar-refractivity contribution is 0.0926. The van der Waals surface area contributed by atoms with Crippen molar-refractivity contribution in [3.8, 4) is 5.75 Å². The van der Waals surface area contributed by atoms with Gasteiger partial charge in [0.2, 0.25) is 0 Å². The molecule has 0 amide bonds. The zero-order chi connectivity index (χ0) is 12.1. The van der Waals surface area contributed by atoms with Gasteiger partial charge in [-0.3, -0.25) is 0 Å². The summed E-state index contributed by atoms with van der Waals surface area (Å²) in [4.78, 5) is 0. The molecule has 1 atom stereocenters. The largest absolute Gasteiger partial charge is 0.508 e. The number of hydrogen-bond donors (Lipinski definition) is 3. The van der Waals surface area contributed by atoms with E-state index in [1.54, 1.807) is 6.07 Å². The third kappa shape index (κ3) is 3.19. The Labute approximate surface area is 101 Å². The van der Waals surface area contributed by atoms with E-state index >= 15 is 0 Å². The van der Waals surface area contributed by atoms with Gasteiger partial charge in [0.25, 0.3) is 0 Å². The van der Waals surface area contributed by atoms with Crippen molar-refractivity contribution in [1.29, 1.82) is 0 Å². The first-order valence-electron chi connectivity index (χ1n) is 6.05. The maximum Gasteiger partial charge on any atom is 0.115 e. The number of ether oxygens (including phenoxy) is 1. The molecule has 0 aliphatic heterocycles. The van der Waals surface area contributed by atoms with Crippen LogP contribution in [0.1, 0.15) is 23.6 Å². The molecule has 4 nitrogen and oxygen atoms in total. The molecule has 0 saturated carbocycles. The van der Waals surface area contributed by atoms with Crippen molar-refractivity contribution in [2.75, 3.05) is 26.4 Å². The minimum atomic E-state index is 0.0749. The Kier molecular flexibility index (Phi) is 4.36. The Morgan fingerprint density at radius 1 is 1.35 bits per heavy atom. The predicted octanol–water partition coefficient (Wildman–Crippen LogP) is 0.978. The summed E-state index contributed by atoms with van der Waals surface area (Å²) in [5.74, 6) is 0.343. The third-order valence-corrected chi connectivity index (χ3v) is 3.08. The van der Waals surface area contributed by atoms with Crippen LogP contribution in [-0.4, -0.2) is 36.6 Å². The van der Waals surface area contributed by atoms with Crippen molar-refractivity contribution in [1.82, 2.24) is 5.32 Å². The second-order valence-electron chi connectivity index (χ2n) is 4.26. The molecule has 0 fully saturated rings. The highest BCUT2D eigenvalue weighted by Crippen LogP contribution is 2.32. The number of aliphatic hydroxyl groups is 1. The van der Waals surface area contributed by atoms with Gasteiger partial charge in [-0.15, -0.1) is 0 Å². The number of rotatable bonds is 6. The number of nitrogens with one attached hydrogen (secondary N) is 1. The topological polar surface area (TPSA) is 61.7 Å². The van der Waals surface area contributed by atoms with Gasteiger partial charge in [-0.2, -0.15) is 0 Å². The van der Waals surface area contributed by atoms with Crippen molar-refractivity contribution in [3.05, 3.63) is 29.3 Å². The average Bonchev–Trinajstić information content (AvgIpc) is 2.71. The van der Waals surface area contributed by atoms with Crippen LogP contribution in [0.3, 0.4) is 0 Å². The molecule has 1 aliphatic rings. The van der Waals surface area contributed by atoms with Crippen LogP contribution in [0, 0.1) is 0 Å². The van der Waals surface area contributed by atoms with Gasteiger partial charge in [-0.1, -0.05) is 6.07 Å². The molecule has 1 aliphatic carbocycles. The van der Waals surface area contributed by atoms with Gasteiger partial charge >= 0.3 is 0 Å². The zero-order valence-electron chi connectivity index (χ0n) is 9.85. The van der Waals surface area contributed by atoms with Crippen LogP contribution < -0.4 is 5.32 Å². The first-order valence-corrected chi connectivity index (χ1v) is 6.05. The highest BCUT2D eigenvalue weighted by Gasteiger charge is 2.21. The number of phenols is 1. The zero-order valence-corrected chi connectivity index (χ0v) is 9.85. The molecule has 0 radical (unpaired) electrons. The monoisotopic (exact) mass is 237 g/mol. The first-order chi connectivity index (χ1) is 8.31. The number of aromatic hydroxyl groups is 1. The number of aliphatic hydroxyl groups excluding tert-OH is 1. The van der Waals surface area contributed by atoms with Crippen molar-refractivity contribution in [3.63, 3.8) is 0 Å². The number of aryl methyl sites for hydroxylation is 1. The summed E-state index contributed by atoms with van der Waals surface area (Å²) in [5, 5.41) is 21.4. The Morgan fingerprint density at radius 3 is 3.06 bits per heavy atom. The van der Waals surface area contributed by atoms with Crippen molar-refractivity contribution in [2.45, 2.75) is 18.9 Å². The highest BCUT2D eigenvalue weighted by molar-refractivity contribution is 5.39. The minimum absolute atomic E-state index is 0.0749. The molecular formula is C13H19NO3. The van der Waals surface area contributed by atoms with E-state index in [1.807, 2.05) is 12.1 Å². The summed E-state index contributed by atoms with van der Waals surface area (Å²) in [6.07, 6.45) is 2.08. The lowest BCUT2D eigenvalue weighted by Gasteiger charge is -2.14. The van der Waals surface area contributed by atoms with Gasteiger partial charge in [-0.25, -0.2) is 0 Å². The molecule has 0 bridgehead atoms. The number of phenolic OH excluding ortho intramolecular Hbond substituents is 1. The van der Waals surface area contributed by atoms with E-state index in [4.69, 9.17) is 9.84 Å². The Morgan fingerprint density at radius 2 is 2.24 bits per heavy atom. The summed E-state index contributed by atoms with van der Waals surface area (Å²) in [5.41, 5.74) is 2.52. The molecule has 3 N–H and O–H groups in total. The van der Waals surface area contributed by atoms with E-state index in [0.717, 1.165) is 19.4 Å². The molecule has 1 aromatic rings. The van der Waals surface area contributed by atoms with Crippen LogP contribution >= 0.6 is 0 Å².